The lowest BCUT2D eigenvalue weighted by Crippen LogP contribution is -2.38. The summed E-state index contributed by atoms with van der Waals surface area (Å²) in [6.45, 7) is 3.27. The van der Waals surface area contributed by atoms with E-state index in [0.717, 1.165) is 31.4 Å². The van der Waals surface area contributed by atoms with Crippen molar-refractivity contribution < 1.29 is 58.5 Å². The van der Waals surface area contributed by atoms with Crippen LogP contribution in [0.15, 0.2) is 36.4 Å². The molecule has 0 aromatic heterocycles. The number of hydrogen-bond acceptors (Lipinski definition) is 4. The molecule has 1 aliphatic carbocycles. The molecule has 2 aliphatic rings. The van der Waals surface area contributed by atoms with Gasteiger partial charge in [0.1, 0.15) is 22.9 Å². The minimum atomic E-state index is -5.47. The van der Waals surface area contributed by atoms with E-state index in [1.807, 2.05) is 6.92 Å². The van der Waals surface area contributed by atoms with Crippen molar-refractivity contribution in [1.82, 2.24) is 0 Å². The van der Waals surface area contributed by atoms with Gasteiger partial charge < -0.3 is 18.9 Å². The summed E-state index contributed by atoms with van der Waals surface area (Å²) in [5.74, 6) is -10.4. The van der Waals surface area contributed by atoms with Crippen molar-refractivity contribution in [2.75, 3.05) is 13.2 Å². The van der Waals surface area contributed by atoms with Crippen LogP contribution in [0.25, 0.3) is 0 Å². The van der Waals surface area contributed by atoms with Gasteiger partial charge in [-0.2, -0.15) is 8.78 Å². The minimum absolute atomic E-state index is 0.0168. The highest BCUT2D eigenvalue weighted by molar-refractivity contribution is 5.37. The van der Waals surface area contributed by atoms with E-state index in [1.165, 1.54) is 32.1 Å². The Morgan fingerprint density at radius 1 is 0.729 bits per heavy atom. The molecule has 13 heteroatoms. The van der Waals surface area contributed by atoms with Crippen molar-refractivity contribution in [2.45, 2.75) is 109 Å². The third-order valence-electron chi connectivity index (χ3n) is 8.88. The molecule has 0 amide bonds. The van der Waals surface area contributed by atoms with Gasteiger partial charge in [0.2, 0.25) is 5.75 Å². The minimum Gasteiger partial charge on any atom is -0.429 e. The summed E-state index contributed by atoms with van der Waals surface area (Å²) in [6, 6.07) is 1.50. The molecule has 0 N–H and O–H groups in total. The molecule has 268 valence electrons. The quantitative estimate of drug-likeness (QED) is 0.106. The van der Waals surface area contributed by atoms with Gasteiger partial charge in [-0.15, -0.1) is 13.2 Å². The lowest BCUT2D eigenvalue weighted by molar-refractivity contribution is -0.276. The molecule has 0 unspecified atom stereocenters. The van der Waals surface area contributed by atoms with Gasteiger partial charge in [-0.1, -0.05) is 44.3 Å². The number of ether oxygens (including phenoxy) is 4. The van der Waals surface area contributed by atoms with Gasteiger partial charge in [0.15, 0.2) is 17.9 Å². The van der Waals surface area contributed by atoms with E-state index >= 15 is 0 Å². The molecular formula is C35H41F9O4. The number of allylic oxidation sites excluding steroid dienone is 2. The molecule has 4 nitrogen and oxygen atoms in total. The highest BCUT2D eigenvalue weighted by Gasteiger charge is 2.43. The maximum absolute atomic E-state index is 14.9. The average Bonchev–Trinajstić information content (AvgIpc) is 3.01. The van der Waals surface area contributed by atoms with Gasteiger partial charge in [-0.3, -0.25) is 0 Å². The van der Waals surface area contributed by atoms with E-state index < -0.39 is 52.8 Å². The summed E-state index contributed by atoms with van der Waals surface area (Å²) >= 11 is 0. The van der Waals surface area contributed by atoms with Crippen molar-refractivity contribution in [3.63, 3.8) is 0 Å². The lowest BCUT2D eigenvalue weighted by atomic mass is 9.78. The van der Waals surface area contributed by atoms with Gasteiger partial charge in [-0.25, -0.2) is 17.6 Å². The van der Waals surface area contributed by atoms with E-state index in [4.69, 9.17) is 9.47 Å². The normalized spacial score (nSPS) is 22.3. The van der Waals surface area contributed by atoms with Crippen molar-refractivity contribution in [3.8, 4) is 11.5 Å². The van der Waals surface area contributed by atoms with Gasteiger partial charge in [0, 0.05) is 24.0 Å². The van der Waals surface area contributed by atoms with Crippen LogP contribution in [0.2, 0.25) is 0 Å². The van der Waals surface area contributed by atoms with Crippen LogP contribution in [0.5, 0.6) is 11.5 Å². The largest absolute Gasteiger partial charge is 0.573 e. The number of unbranched alkanes of at least 4 members (excludes halogenated alkanes) is 6. The van der Waals surface area contributed by atoms with Crippen LogP contribution >= 0.6 is 0 Å². The number of alkyl halides is 5. The van der Waals surface area contributed by atoms with Crippen LogP contribution in [0.1, 0.15) is 101 Å². The molecular weight excluding hydrogens is 655 g/mol. The predicted octanol–water partition coefficient (Wildman–Crippen LogP) is 11.2. The second kappa shape index (κ2) is 17.1. The Labute approximate surface area is 274 Å². The SMILES string of the molecule is C/C=C/CCCCCCCCC1COC(C2CCC(c3cc(F)c(C(F)(F)Oc4cc(F)c(OC(F)(F)F)c(F)c4)c(F)c3)CC2)OC1. The third-order valence-corrected chi connectivity index (χ3v) is 8.88. The Balaban J connectivity index is 1.24. The average molecular weight is 697 g/mol. The molecule has 48 heavy (non-hydrogen) atoms. The van der Waals surface area contributed by atoms with Crippen LogP contribution in [0, 0.1) is 35.1 Å². The molecule has 2 fully saturated rings. The van der Waals surface area contributed by atoms with E-state index in [-0.39, 0.29) is 35.8 Å². The van der Waals surface area contributed by atoms with Crippen molar-refractivity contribution in [2.24, 2.45) is 11.8 Å². The summed E-state index contributed by atoms with van der Waals surface area (Å²) in [6.07, 6.45) is 5.49. The highest BCUT2D eigenvalue weighted by Crippen LogP contribution is 2.42. The molecule has 2 aromatic rings. The molecule has 4 rings (SSSR count). The first kappa shape index (κ1) is 37.9. The van der Waals surface area contributed by atoms with Gasteiger partial charge in [0.05, 0.1) is 13.2 Å². The molecule has 0 radical (unpaired) electrons. The number of rotatable bonds is 15. The topological polar surface area (TPSA) is 36.9 Å². The maximum atomic E-state index is 14.9. The first-order valence-corrected chi connectivity index (χ1v) is 16.4. The second-order valence-corrected chi connectivity index (χ2v) is 12.5. The first-order valence-electron chi connectivity index (χ1n) is 16.4. The standard InChI is InChI=1S/C35H41F9O4/c1-2-3-4-5-6-7-8-9-10-11-22-20-45-33(46-21-22)24-14-12-23(13-15-24)25-16-27(36)31(28(37)17-25)34(40,41)47-26-18-29(38)32(30(39)19-26)48-35(42,43)44/h2-3,16-19,22-24,33H,4-15,20-21H2,1H3/b3-2+. The second-order valence-electron chi connectivity index (χ2n) is 12.5. The van der Waals surface area contributed by atoms with Crippen LogP contribution in [-0.4, -0.2) is 25.9 Å². The van der Waals surface area contributed by atoms with Gasteiger partial charge in [-0.05, 0) is 75.5 Å². The fraction of sp³-hybridized carbons (Fsp3) is 0.600. The third kappa shape index (κ3) is 10.8. The van der Waals surface area contributed by atoms with E-state index in [0.29, 0.717) is 44.8 Å². The zero-order valence-corrected chi connectivity index (χ0v) is 26.7. The van der Waals surface area contributed by atoms with E-state index in [9.17, 15) is 39.5 Å². The molecule has 2 aromatic carbocycles. The van der Waals surface area contributed by atoms with E-state index in [1.54, 1.807) is 0 Å². The van der Waals surface area contributed by atoms with E-state index in [2.05, 4.69) is 21.6 Å². The van der Waals surface area contributed by atoms with Crippen LogP contribution in [0.4, 0.5) is 39.5 Å². The summed E-state index contributed by atoms with van der Waals surface area (Å²) in [5.41, 5.74) is -1.65. The zero-order chi connectivity index (χ0) is 34.9. The summed E-state index contributed by atoms with van der Waals surface area (Å²) < 4.78 is 144. The number of benzene rings is 2. The Hall–Kier alpha value is -2.93. The van der Waals surface area contributed by atoms with Crippen molar-refractivity contribution >= 4 is 0 Å². The number of halogens is 9. The fourth-order valence-corrected chi connectivity index (χ4v) is 6.40. The Bertz CT molecular complexity index is 1300. The predicted molar refractivity (Wildman–Crippen MR) is 160 cm³/mol. The first-order chi connectivity index (χ1) is 22.8. The molecule has 1 heterocycles. The summed E-state index contributed by atoms with van der Waals surface area (Å²) in [4.78, 5) is 0. The van der Waals surface area contributed by atoms with Crippen LogP contribution in [0.3, 0.4) is 0 Å². The maximum Gasteiger partial charge on any atom is 0.573 e. The zero-order valence-electron chi connectivity index (χ0n) is 26.7. The lowest BCUT2D eigenvalue weighted by Gasteiger charge is -2.37. The molecule has 0 bridgehead atoms. The van der Waals surface area contributed by atoms with Gasteiger partial charge >= 0.3 is 12.5 Å². The molecule has 0 spiro atoms. The smallest absolute Gasteiger partial charge is 0.429 e. The monoisotopic (exact) mass is 696 g/mol. The van der Waals surface area contributed by atoms with Crippen molar-refractivity contribution in [1.29, 1.82) is 0 Å². The Morgan fingerprint density at radius 2 is 1.29 bits per heavy atom. The molecule has 1 aliphatic heterocycles. The van der Waals surface area contributed by atoms with Gasteiger partial charge in [0.25, 0.3) is 0 Å². The Kier molecular flexibility index (Phi) is 13.5. The summed E-state index contributed by atoms with van der Waals surface area (Å²) in [7, 11) is 0. The fourth-order valence-electron chi connectivity index (χ4n) is 6.40. The van der Waals surface area contributed by atoms with Crippen LogP contribution in [-0.2, 0) is 15.6 Å². The summed E-state index contributed by atoms with van der Waals surface area (Å²) in [5, 5.41) is 0. The number of hydrogen-bond donors (Lipinski definition) is 0. The molecule has 1 saturated carbocycles. The highest BCUT2D eigenvalue weighted by atomic mass is 19.4. The molecule has 0 atom stereocenters. The van der Waals surface area contributed by atoms with Crippen molar-refractivity contribution in [3.05, 3.63) is 70.8 Å². The Morgan fingerprint density at radius 3 is 1.85 bits per heavy atom. The molecule has 1 saturated heterocycles. The van der Waals surface area contributed by atoms with Crippen LogP contribution < -0.4 is 9.47 Å².